The summed E-state index contributed by atoms with van der Waals surface area (Å²) in [7, 11) is 3.62. The summed E-state index contributed by atoms with van der Waals surface area (Å²) in [4.78, 5) is 0. The summed E-state index contributed by atoms with van der Waals surface area (Å²) in [5, 5.41) is 8.16. The lowest BCUT2D eigenvalue weighted by atomic mass is 10.1. The van der Waals surface area contributed by atoms with Crippen LogP contribution >= 0.6 is 11.6 Å². The molecule has 0 amide bonds. The first-order valence-electron chi connectivity index (χ1n) is 5.12. The number of nitrogens with one attached hydrogen (secondary N) is 1. The first kappa shape index (κ1) is 12.5. The lowest BCUT2D eigenvalue weighted by Crippen LogP contribution is -2.22. The van der Waals surface area contributed by atoms with Gasteiger partial charge in [0.1, 0.15) is 0 Å². The number of hydrogen-bond acceptors (Lipinski definition) is 3. The third kappa shape index (κ3) is 2.93. The van der Waals surface area contributed by atoms with Crippen molar-refractivity contribution in [3.63, 3.8) is 0 Å². The molecule has 1 rings (SSSR count). The predicted octanol–water partition coefficient (Wildman–Crippen LogP) is 1.85. The molecule has 4 nitrogen and oxygen atoms in total. The molecule has 86 valence electrons. The fourth-order valence-electron chi connectivity index (χ4n) is 1.62. The number of aryl methyl sites for hydroxylation is 1. The van der Waals surface area contributed by atoms with Gasteiger partial charge in [-0.05, 0) is 20.4 Å². The van der Waals surface area contributed by atoms with Crippen LogP contribution in [0.25, 0.3) is 0 Å². The molecule has 1 unspecified atom stereocenters. The molecule has 1 aromatic rings. The second-order valence-electron chi connectivity index (χ2n) is 3.32. The summed E-state index contributed by atoms with van der Waals surface area (Å²) in [6.45, 7) is 3.58. The molecule has 0 aliphatic carbocycles. The summed E-state index contributed by atoms with van der Waals surface area (Å²) >= 11 is 6.11. The average molecular weight is 232 g/mol. The van der Waals surface area contributed by atoms with Crippen molar-refractivity contribution in [1.82, 2.24) is 15.1 Å². The molecule has 1 atom stereocenters. The monoisotopic (exact) mass is 231 g/mol. The molecule has 0 spiro atoms. The number of rotatable bonds is 6. The summed E-state index contributed by atoms with van der Waals surface area (Å²) in [6.07, 6.45) is 2.58. The van der Waals surface area contributed by atoms with E-state index in [0.29, 0.717) is 11.6 Å². The first-order valence-corrected chi connectivity index (χ1v) is 5.49. The normalized spacial score (nSPS) is 13.1. The van der Waals surface area contributed by atoms with Gasteiger partial charge < -0.3 is 10.1 Å². The van der Waals surface area contributed by atoms with Gasteiger partial charge in [0.2, 0.25) is 0 Å². The highest BCUT2D eigenvalue weighted by molar-refractivity contribution is 6.31. The highest BCUT2D eigenvalue weighted by atomic mass is 35.5. The zero-order chi connectivity index (χ0) is 11.3. The Morgan fingerprint density at radius 3 is 2.93 bits per heavy atom. The van der Waals surface area contributed by atoms with Crippen molar-refractivity contribution in [2.24, 2.45) is 0 Å². The van der Waals surface area contributed by atoms with Gasteiger partial charge in [-0.3, -0.25) is 4.68 Å². The van der Waals surface area contributed by atoms with Crippen molar-refractivity contribution in [3.05, 3.63) is 16.9 Å². The van der Waals surface area contributed by atoms with Crippen molar-refractivity contribution in [3.8, 4) is 0 Å². The Balaban J connectivity index is 2.84. The summed E-state index contributed by atoms with van der Waals surface area (Å²) < 4.78 is 6.99. The highest BCUT2D eigenvalue weighted by Gasteiger charge is 2.17. The van der Waals surface area contributed by atoms with Crippen LogP contribution in [0.3, 0.4) is 0 Å². The molecule has 1 heterocycles. The Labute approximate surface area is 95.6 Å². The van der Waals surface area contributed by atoms with Gasteiger partial charge >= 0.3 is 0 Å². The van der Waals surface area contributed by atoms with E-state index < -0.39 is 0 Å². The number of hydrogen-bond donors (Lipinski definition) is 1. The molecule has 5 heteroatoms. The van der Waals surface area contributed by atoms with E-state index in [1.807, 2.05) is 11.7 Å². The molecule has 0 saturated heterocycles. The van der Waals surface area contributed by atoms with Crippen LogP contribution in [0, 0.1) is 0 Å². The van der Waals surface area contributed by atoms with E-state index >= 15 is 0 Å². The zero-order valence-corrected chi connectivity index (χ0v) is 10.2. The minimum Gasteiger partial charge on any atom is -0.385 e. The van der Waals surface area contributed by atoms with Gasteiger partial charge in [-0.25, -0.2) is 0 Å². The highest BCUT2D eigenvalue weighted by Crippen LogP contribution is 2.24. The van der Waals surface area contributed by atoms with E-state index in [1.54, 1.807) is 13.3 Å². The molecule has 0 radical (unpaired) electrons. The fraction of sp³-hybridized carbons (Fsp3) is 0.700. The molecule has 0 aliphatic heterocycles. The van der Waals surface area contributed by atoms with Crippen LogP contribution in [-0.2, 0) is 11.3 Å². The topological polar surface area (TPSA) is 39.1 Å². The maximum Gasteiger partial charge on any atom is 0.0834 e. The van der Waals surface area contributed by atoms with Crippen LogP contribution in [0.1, 0.15) is 25.1 Å². The third-order valence-electron chi connectivity index (χ3n) is 2.42. The van der Waals surface area contributed by atoms with Crippen molar-refractivity contribution >= 4 is 11.6 Å². The summed E-state index contributed by atoms with van der Waals surface area (Å²) in [5.74, 6) is 0. The van der Waals surface area contributed by atoms with Crippen LogP contribution in [0.4, 0.5) is 0 Å². The van der Waals surface area contributed by atoms with E-state index in [1.165, 1.54) is 0 Å². The van der Waals surface area contributed by atoms with Crippen LogP contribution in [0.2, 0.25) is 5.02 Å². The van der Waals surface area contributed by atoms with Gasteiger partial charge in [0.15, 0.2) is 0 Å². The third-order valence-corrected chi connectivity index (χ3v) is 2.71. The van der Waals surface area contributed by atoms with Crippen LogP contribution in [0.15, 0.2) is 6.20 Å². The second kappa shape index (κ2) is 6.10. The van der Waals surface area contributed by atoms with Crippen molar-refractivity contribution in [1.29, 1.82) is 0 Å². The maximum atomic E-state index is 6.11. The number of methoxy groups -OCH3 is 1. The van der Waals surface area contributed by atoms with E-state index in [-0.39, 0.29) is 6.04 Å². The van der Waals surface area contributed by atoms with Crippen LogP contribution in [0.5, 0.6) is 0 Å². The van der Waals surface area contributed by atoms with Gasteiger partial charge in [0, 0.05) is 20.3 Å². The van der Waals surface area contributed by atoms with Crippen molar-refractivity contribution < 1.29 is 4.74 Å². The first-order chi connectivity index (χ1) is 7.24. The Kier molecular flexibility index (Phi) is 5.08. The van der Waals surface area contributed by atoms with Crippen LogP contribution < -0.4 is 5.32 Å². The standard InChI is InChI=1S/C10H18ClN3O/c1-4-14-10(8(11)7-13-14)9(12-2)5-6-15-3/h7,9,12H,4-6H2,1-3H3. The van der Waals surface area contributed by atoms with E-state index in [2.05, 4.69) is 17.3 Å². The Morgan fingerprint density at radius 2 is 2.40 bits per heavy atom. The van der Waals surface area contributed by atoms with Crippen molar-refractivity contribution in [2.75, 3.05) is 20.8 Å². The zero-order valence-electron chi connectivity index (χ0n) is 9.46. The second-order valence-corrected chi connectivity index (χ2v) is 3.72. The quantitative estimate of drug-likeness (QED) is 0.812. The summed E-state index contributed by atoms with van der Waals surface area (Å²) in [6, 6.07) is 0.194. The van der Waals surface area contributed by atoms with Crippen molar-refractivity contribution in [2.45, 2.75) is 25.9 Å². The fourth-order valence-corrected chi connectivity index (χ4v) is 1.90. The van der Waals surface area contributed by atoms with E-state index in [4.69, 9.17) is 16.3 Å². The molecule has 0 bridgehead atoms. The molecule has 0 fully saturated rings. The number of ether oxygens (including phenoxy) is 1. The lowest BCUT2D eigenvalue weighted by Gasteiger charge is -2.17. The number of halogens is 1. The largest absolute Gasteiger partial charge is 0.385 e. The molecule has 1 aromatic heterocycles. The Bertz CT molecular complexity index is 301. The Hall–Kier alpha value is -0.580. The van der Waals surface area contributed by atoms with Gasteiger partial charge in [0.25, 0.3) is 0 Å². The Morgan fingerprint density at radius 1 is 1.67 bits per heavy atom. The molecular weight excluding hydrogens is 214 g/mol. The number of nitrogens with zero attached hydrogens (tertiary/aromatic N) is 2. The molecule has 0 aliphatic rings. The molecule has 15 heavy (non-hydrogen) atoms. The van der Waals surface area contributed by atoms with Gasteiger partial charge in [-0.15, -0.1) is 0 Å². The maximum absolute atomic E-state index is 6.11. The van der Waals surface area contributed by atoms with Crippen LogP contribution in [-0.4, -0.2) is 30.5 Å². The minimum atomic E-state index is 0.194. The van der Waals surface area contributed by atoms with Gasteiger partial charge in [-0.2, -0.15) is 5.10 Å². The SMILES string of the molecule is CCn1ncc(Cl)c1C(CCOC)NC. The molecule has 0 saturated carbocycles. The van der Waals surface area contributed by atoms with E-state index in [0.717, 1.165) is 18.7 Å². The van der Waals surface area contributed by atoms with Gasteiger partial charge in [-0.1, -0.05) is 11.6 Å². The van der Waals surface area contributed by atoms with E-state index in [9.17, 15) is 0 Å². The number of aromatic nitrogens is 2. The molecule has 0 aromatic carbocycles. The predicted molar refractivity (Wildman–Crippen MR) is 61.2 cm³/mol. The lowest BCUT2D eigenvalue weighted by molar-refractivity contribution is 0.183. The van der Waals surface area contributed by atoms with Gasteiger partial charge in [0.05, 0.1) is 23.0 Å². The molecular formula is C10H18ClN3O. The average Bonchev–Trinajstić information content (AvgIpc) is 2.62. The molecule has 1 N–H and O–H groups in total. The summed E-state index contributed by atoms with van der Waals surface area (Å²) in [5.41, 5.74) is 1.04. The minimum absolute atomic E-state index is 0.194. The smallest absolute Gasteiger partial charge is 0.0834 e.